The first-order chi connectivity index (χ1) is 9.81. The minimum absolute atomic E-state index is 0.0673. The van der Waals surface area contributed by atoms with Gasteiger partial charge in [0.2, 0.25) is 0 Å². The van der Waals surface area contributed by atoms with E-state index in [2.05, 4.69) is 4.74 Å². The molecule has 5 heteroatoms. The molecule has 0 aromatic carbocycles. The Kier molecular flexibility index (Phi) is 4.54. The number of Topliss-reactive ketones (excluding diaryl/α,β-unsaturated/α-hetero) is 1. The zero-order chi connectivity index (χ0) is 15.7. The molecule has 1 heterocycles. The van der Waals surface area contributed by atoms with E-state index in [-0.39, 0.29) is 17.8 Å². The molecule has 118 valence electrons. The van der Waals surface area contributed by atoms with E-state index < -0.39 is 17.4 Å². The summed E-state index contributed by atoms with van der Waals surface area (Å²) in [6.07, 6.45) is 6.32. The van der Waals surface area contributed by atoms with Crippen LogP contribution in [-0.2, 0) is 23.8 Å². The minimum atomic E-state index is -0.875. The number of hydrogen-bond acceptors (Lipinski definition) is 5. The Morgan fingerprint density at radius 3 is 2.52 bits per heavy atom. The maximum atomic E-state index is 12.1. The van der Waals surface area contributed by atoms with Crippen LogP contribution < -0.4 is 0 Å². The SMILES string of the molecule is COC(=O)/C=C\[C@@]12OC(C)(C)O[C@@H]1CCCC[C@H]2C(C)=O. The van der Waals surface area contributed by atoms with Crippen LogP contribution in [0.5, 0.6) is 0 Å². The molecular weight excluding hydrogens is 272 g/mol. The smallest absolute Gasteiger partial charge is 0.330 e. The van der Waals surface area contributed by atoms with Gasteiger partial charge in [-0.2, -0.15) is 0 Å². The molecule has 2 aliphatic rings. The van der Waals surface area contributed by atoms with E-state index in [4.69, 9.17) is 9.47 Å². The van der Waals surface area contributed by atoms with Gasteiger partial charge >= 0.3 is 5.97 Å². The van der Waals surface area contributed by atoms with Crippen LogP contribution in [0.25, 0.3) is 0 Å². The van der Waals surface area contributed by atoms with Gasteiger partial charge in [0.25, 0.3) is 0 Å². The Morgan fingerprint density at radius 1 is 1.24 bits per heavy atom. The number of esters is 1. The molecule has 2 rings (SSSR count). The van der Waals surface area contributed by atoms with Crippen molar-refractivity contribution in [2.45, 2.75) is 63.9 Å². The number of ketones is 1. The lowest BCUT2D eigenvalue weighted by Gasteiger charge is -2.35. The lowest BCUT2D eigenvalue weighted by molar-refractivity contribution is -0.167. The molecule has 0 unspecified atom stereocenters. The molecule has 0 bridgehead atoms. The van der Waals surface area contributed by atoms with Gasteiger partial charge in [0.1, 0.15) is 11.4 Å². The fourth-order valence-electron chi connectivity index (χ4n) is 3.48. The van der Waals surface area contributed by atoms with E-state index in [0.29, 0.717) is 0 Å². The lowest BCUT2D eigenvalue weighted by atomic mass is 9.78. The van der Waals surface area contributed by atoms with Crippen LogP contribution in [0.15, 0.2) is 12.2 Å². The van der Waals surface area contributed by atoms with Crippen LogP contribution in [0.2, 0.25) is 0 Å². The molecule has 21 heavy (non-hydrogen) atoms. The highest BCUT2D eigenvalue weighted by Gasteiger charge is 2.57. The lowest BCUT2D eigenvalue weighted by Crippen LogP contribution is -2.47. The summed E-state index contributed by atoms with van der Waals surface area (Å²) in [4.78, 5) is 23.6. The number of carbonyl (C=O) groups excluding carboxylic acids is 2. The normalized spacial score (nSPS) is 35.2. The number of methoxy groups -OCH3 is 1. The Morgan fingerprint density at radius 2 is 1.90 bits per heavy atom. The first kappa shape index (κ1) is 16.2. The van der Waals surface area contributed by atoms with E-state index in [1.54, 1.807) is 13.0 Å². The Labute approximate surface area is 125 Å². The zero-order valence-corrected chi connectivity index (χ0v) is 13.2. The molecule has 0 aromatic rings. The van der Waals surface area contributed by atoms with E-state index in [9.17, 15) is 9.59 Å². The van der Waals surface area contributed by atoms with Gasteiger partial charge < -0.3 is 14.2 Å². The summed E-state index contributed by atoms with van der Waals surface area (Å²) in [6.45, 7) is 5.26. The van der Waals surface area contributed by atoms with Gasteiger partial charge in [-0.05, 0) is 39.7 Å². The van der Waals surface area contributed by atoms with Crippen molar-refractivity contribution in [1.82, 2.24) is 0 Å². The van der Waals surface area contributed by atoms with Crippen molar-refractivity contribution in [2.75, 3.05) is 7.11 Å². The van der Waals surface area contributed by atoms with Gasteiger partial charge in [-0.15, -0.1) is 0 Å². The molecule has 0 aromatic heterocycles. The highest BCUT2D eigenvalue weighted by Crippen LogP contribution is 2.48. The fourth-order valence-corrected chi connectivity index (χ4v) is 3.48. The summed E-state index contributed by atoms with van der Waals surface area (Å²) < 4.78 is 16.8. The summed E-state index contributed by atoms with van der Waals surface area (Å²) in [5.41, 5.74) is -0.875. The summed E-state index contributed by atoms with van der Waals surface area (Å²) in [6, 6.07) is 0. The van der Waals surface area contributed by atoms with Gasteiger partial charge in [-0.25, -0.2) is 4.79 Å². The molecular formula is C16H24O5. The summed E-state index contributed by atoms with van der Waals surface area (Å²) >= 11 is 0. The summed E-state index contributed by atoms with van der Waals surface area (Å²) in [5, 5.41) is 0. The van der Waals surface area contributed by atoms with Crippen LogP contribution in [0.3, 0.4) is 0 Å². The summed E-state index contributed by atoms with van der Waals surface area (Å²) in [5.74, 6) is -1.45. The van der Waals surface area contributed by atoms with Crippen molar-refractivity contribution in [2.24, 2.45) is 5.92 Å². The highest BCUT2D eigenvalue weighted by atomic mass is 16.8. The standard InChI is InChI=1S/C16H24O5/c1-11(17)12-7-5-6-8-13-16(12,10-9-14(18)19-4)21-15(2,3)20-13/h9-10,12-13H,5-8H2,1-4H3/b10-9-/t12-,13+,16-/m0/s1. The number of fused-ring (bicyclic) bond motifs is 1. The average Bonchev–Trinajstić information content (AvgIpc) is 2.55. The zero-order valence-electron chi connectivity index (χ0n) is 13.2. The maximum Gasteiger partial charge on any atom is 0.330 e. The highest BCUT2D eigenvalue weighted by molar-refractivity contribution is 5.83. The summed E-state index contributed by atoms with van der Waals surface area (Å²) in [7, 11) is 1.33. The Balaban J connectivity index is 2.44. The maximum absolute atomic E-state index is 12.1. The van der Waals surface area contributed by atoms with E-state index in [0.717, 1.165) is 25.7 Å². The van der Waals surface area contributed by atoms with Crippen molar-refractivity contribution in [3.63, 3.8) is 0 Å². The topological polar surface area (TPSA) is 61.8 Å². The molecule has 0 radical (unpaired) electrons. The first-order valence-corrected chi connectivity index (χ1v) is 7.46. The molecule has 1 saturated heterocycles. The van der Waals surface area contributed by atoms with Crippen LogP contribution in [0.4, 0.5) is 0 Å². The Bertz CT molecular complexity index is 454. The molecule has 1 aliphatic heterocycles. The van der Waals surface area contributed by atoms with Crippen LogP contribution in [0.1, 0.15) is 46.5 Å². The molecule has 0 N–H and O–H groups in total. The van der Waals surface area contributed by atoms with E-state index in [1.807, 2.05) is 13.8 Å². The van der Waals surface area contributed by atoms with Crippen LogP contribution in [0, 0.1) is 5.92 Å². The third kappa shape index (κ3) is 3.19. The molecule has 3 atom stereocenters. The minimum Gasteiger partial charge on any atom is -0.466 e. The largest absolute Gasteiger partial charge is 0.466 e. The van der Waals surface area contributed by atoms with Crippen molar-refractivity contribution < 1.29 is 23.8 Å². The van der Waals surface area contributed by atoms with Gasteiger partial charge in [0, 0.05) is 6.08 Å². The average molecular weight is 296 g/mol. The predicted octanol–water partition coefficient (Wildman–Crippen LogP) is 2.39. The van der Waals surface area contributed by atoms with Gasteiger partial charge in [0.05, 0.1) is 19.1 Å². The quantitative estimate of drug-likeness (QED) is 0.591. The van der Waals surface area contributed by atoms with Crippen molar-refractivity contribution in [1.29, 1.82) is 0 Å². The molecule has 0 spiro atoms. The predicted molar refractivity (Wildman–Crippen MR) is 76.6 cm³/mol. The second-order valence-corrected chi connectivity index (χ2v) is 6.27. The van der Waals surface area contributed by atoms with Gasteiger partial charge in [-0.3, -0.25) is 4.79 Å². The van der Waals surface area contributed by atoms with Gasteiger partial charge in [0.15, 0.2) is 5.79 Å². The number of ether oxygens (including phenoxy) is 3. The van der Waals surface area contributed by atoms with Crippen LogP contribution in [-0.4, -0.2) is 36.4 Å². The number of rotatable bonds is 3. The first-order valence-electron chi connectivity index (χ1n) is 7.46. The third-order valence-electron chi connectivity index (χ3n) is 4.28. The van der Waals surface area contributed by atoms with Gasteiger partial charge in [-0.1, -0.05) is 12.8 Å². The monoisotopic (exact) mass is 296 g/mol. The van der Waals surface area contributed by atoms with Crippen molar-refractivity contribution >= 4 is 11.8 Å². The molecule has 1 saturated carbocycles. The third-order valence-corrected chi connectivity index (χ3v) is 4.28. The van der Waals surface area contributed by atoms with Crippen molar-refractivity contribution in [3.8, 4) is 0 Å². The molecule has 0 amide bonds. The second kappa shape index (κ2) is 5.89. The fraction of sp³-hybridized carbons (Fsp3) is 0.750. The van der Waals surface area contributed by atoms with Crippen molar-refractivity contribution in [3.05, 3.63) is 12.2 Å². The molecule has 1 aliphatic carbocycles. The van der Waals surface area contributed by atoms with E-state index >= 15 is 0 Å². The molecule has 2 fully saturated rings. The van der Waals surface area contributed by atoms with E-state index in [1.165, 1.54) is 13.2 Å². The van der Waals surface area contributed by atoms with Crippen LogP contribution >= 0.6 is 0 Å². The Hall–Kier alpha value is -1.20. The number of hydrogen-bond donors (Lipinski definition) is 0. The number of carbonyl (C=O) groups is 2. The molecule has 5 nitrogen and oxygen atoms in total. The second-order valence-electron chi connectivity index (χ2n) is 6.27.